The van der Waals surface area contributed by atoms with Gasteiger partial charge in [-0.15, -0.1) is 11.3 Å². The summed E-state index contributed by atoms with van der Waals surface area (Å²) in [6.45, 7) is 4.61. The molecule has 0 aromatic carbocycles. The van der Waals surface area contributed by atoms with Gasteiger partial charge in [0.15, 0.2) is 0 Å². The molecule has 3 N–H and O–H groups in total. The predicted molar refractivity (Wildman–Crippen MR) is 73.2 cm³/mol. The third-order valence-corrected chi connectivity index (χ3v) is 4.40. The van der Waals surface area contributed by atoms with Crippen LogP contribution in [0.3, 0.4) is 0 Å². The molecule has 2 atom stereocenters. The number of rotatable bonds is 3. The molecule has 0 saturated heterocycles. The summed E-state index contributed by atoms with van der Waals surface area (Å²) < 4.78 is 0. The Hall–Kier alpha value is -0.940. The molecule has 2 rings (SSSR count). The molecule has 1 heterocycles. The van der Waals surface area contributed by atoms with Crippen LogP contribution in [-0.2, 0) is 11.3 Å². The van der Waals surface area contributed by atoms with Crippen LogP contribution in [0, 0.1) is 12.8 Å². The van der Waals surface area contributed by atoms with Crippen molar-refractivity contribution >= 4 is 17.2 Å². The van der Waals surface area contributed by atoms with Crippen LogP contribution in [-0.4, -0.2) is 16.4 Å². The minimum atomic E-state index is -0.678. The SMILES string of the molecule is Cc1nc(CNC(=O)C2(N)CCCC(C)C2)cs1. The molecule has 5 heteroatoms. The first kappa shape index (κ1) is 13.5. The summed E-state index contributed by atoms with van der Waals surface area (Å²) in [6, 6.07) is 0. The average Bonchev–Trinajstić information content (AvgIpc) is 2.71. The fraction of sp³-hybridized carbons (Fsp3) is 0.692. The molecule has 1 saturated carbocycles. The fourth-order valence-corrected chi connectivity index (χ4v) is 3.25. The predicted octanol–water partition coefficient (Wildman–Crippen LogP) is 1.98. The summed E-state index contributed by atoms with van der Waals surface area (Å²) in [5, 5.41) is 5.92. The molecule has 0 aliphatic heterocycles. The van der Waals surface area contributed by atoms with Crippen LogP contribution in [0.2, 0.25) is 0 Å². The molecule has 1 amide bonds. The van der Waals surface area contributed by atoms with E-state index in [1.807, 2.05) is 12.3 Å². The molecule has 100 valence electrons. The van der Waals surface area contributed by atoms with Crippen LogP contribution in [0.15, 0.2) is 5.38 Å². The van der Waals surface area contributed by atoms with Gasteiger partial charge in [0.1, 0.15) is 0 Å². The minimum absolute atomic E-state index is 0.0281. The van der Waals surface area contributed by atoms with E-state index in [2.05, 4.69) is 17.2 Å². The van der Waals surface area contributed by atoms with Crippen LogP contribution >= 0.6 is 11.3 Å². The molecule has 1 fully saturated rings. The van der Waals surface area contributed by atoms with Crippen molar-refractivity contribution in [1.29, 1.82) is 0 Å². The van der Waals surface area contributed by atoms with Gasteiger partial charge >= 0.3 is 0 Å². The number of nitrogens with one attached hydrogen (secondary N) is 1. The van der Waals surface area contributed by atoms with Gasteiger partial charge in [-0.3, -0.25) is 4.79 Å². The molecule has 1 aromatic heterocycles. The maximum Gasteiger partial charge on any atom is 0.240 e. The van der Waals surface area contributed by atoms with Gasteiger partial charge in [-0.25, -0.2) is 4.98 Å². The van der Waals surface area contributed by atoms with Gasteiger partial charge in [0.25, 0.3) is 0 Å². The van der Waals surface area contributed by atoms with Crippen molar-refractivity contribution < 1.29 is 4.79 Å². The van der Waals surface area contributed by atoms with Crippen molar-refractivity contribution in [2.75, 3.05) is 0 Å². The number of carbonyl (C=O) groups is 1. The lowest BCUT2D eigenvalue weighted by Gasteiger charge is -2.35. The van der Waals surface area contributed by atoms with Gasteiger partial charge in [0.05, 0.1) is 22.8 Å². The average molecular weight is 267 g/mol. The Bertz CT molecular complexity index is 432. The fourth-order valence-electron chi connectivity index (χ4n) is 2.63. The van der Waals surface area contributed by atoms with E-state index >= 15 is 0 Å². The van der Waals surface area contributed by atoms with Crippen molar-refractivity contribution in [3.8, 4) is 0 Å². The molecule has 0 bridgehead atoms. The zero-order valence-corrected chi connectivity index (χ0v) is 11.8. The maximum absolute atomic E-state index is 12.2. The lowest BCUT2D eigenvalue weighted by molar-refractivity contribution is -0.128. The zero-order chi connectivity index (χ0) is 13.2. The summed E-state index contributed by atoms with van der Waals surface area (Å²) in [5.74, 6) is 0.510. The summed E-state index contributed by atoms with van der Waals surface area (Å²) in [7, 11) is 0. The number of nitrogens with zero attached hydrogens (tertiary/aromatic N) is 1. The third-order valence-electron chi connectivity index (χ3n) is 3.58. The van der Waals surface area contributed by atoms with Crippen LogP contribution in [0.1, 0.15) is 43.3 Å². The Balaban J connectivity index is 1.91. The van der Waals surface area contributed by atoms with E-state index in [1.54, 1.807) is 11.3 Å². The molecule has 1 aromatic rings. The van der Waals surface area contributed by atoms with Crippen molar-refractivity contribution in [2.45, 2.75) is 51.6 Å². The molecule has 0 spiro atoms. The molecular formula is C13H21N3OS. The minimum Gasteiger partial charge on any atom is -0.349 e. The number of amides is 1. The first-order valence-electron chi connectivity index (χ1n) is 6.48. The van der Waals surface area contributed by atoms with Crippen LogP contribution < -0.4 is 11.1 Å². The molecule has 18 heavy (non-hydrogen) atoms. The highest BCUT2D eigenvalue weighted by atomic mass is 32.1. The number of aromatic nitrogens is 1. The first-order chi connectivity index (χ1) is 8.49. The second kappa shape index (κ2) is 5.36. The number of hydrogen-bond donors (Lipinski definition) is 2. The number of aryl methyl sites for hydroxylation is 1. The lowest BCUT2D eigenvalue weighted by Crippen LogP contribution is -2.56. The topological polar surface area (TPSA) is 68.0 Å². The zero-order valence-electron chi connectivity index (χ0n) is 11.0. The van der Waals surface area contributed by atoms with Crippen molar-refractivity contribution in [3.63, 3.8) is 0 Å². The van der Waals surface area contributed by atoms with Gasteiger partial charge in [0, 0.05) is 5.38 Å². The van der Waals surface area contributed by atoms with Crippen LogP contribution in [0.5, 0.6) is 0 Å². The van der Waals surface area contributed by atoms with Gasteiger partial charge in [-0.05, 0) is 25.7 Å². The second-order valence-corrected chi connectivity index (χ2v) is 6.46. The van der Waals surface area contributed by atoms with Crippen LogP contribution in [0.4, 0.5) is 0 Å². The summed E-state index contributed by atoms with van der Waals surface area (Å²) in [5.41, 5.74) is 6.47. The highest BCUT2D eigenvalue weighted by molar-refractivity contribution is 7.09. The Kier molecular flexibility index (Phi) is 4.02. The molecular weight excluding hydrogens is 246 g/mol. The lowest BCUT2D eigenvalue weighted by atomic mass is 9.76. The van der Waals surface area contributed by atoms with E-state index in [-0.39, 0.29) is 5.91 Å². The summed E-state index contributed by atoms with van der Waals surface area (Å²) in [4.78, 5) is 16.5. The number of hydrogen-bond acceptors (Lipinski definition) is 4. The Labute approximate surface area is 112 Å². The van der Waals surface area contributed by atoms with E-state index in [0.29, 0.717) is 12.5 Å². The third kappa shape index (κ3) is 3.09. The quantitative estimate of drug-likeness (QED) is 0.880. The summed E-state index contributed by atoms with van der Waals surface area (Å²) >= 11 is 1.60. The van der Waals surface area contributed by atoms with Gasteiger partial charge < -0.3 is 11.1 Å². The van der Waals surface area contributed by atoms with Gasteiger partial charge in [0.2, 0.25) is 5.91 Å². The second-order valence-electron chi connectivity index (χ2n) is 5.40. The number of nitrogens with two attached hydrogens (primary N) is 1. The number of carbonyl (C=O) groups excluding carboxylic acids is 1. The van der Waals surface area contributed by atoms with Gasteiger partial charge in [-0.1, -0.05) is 19.8 Å². The van der Waals surface area contributed by atoms with Gasteiger partial charge in [-0.2, -0.15) is 0 Å². The standard InChI is InChI=1S/C13H21N3OS/c1-9-4-3-5-13(14,6-9)12(17)15-7-11-8-18-10(2)16-11/h8-9H,3-7,14H2,1-2H3,(H,15,17). The summed E-state index contributed by atoms with van der Waals surface area (Å²) in [6.07, 6.45) is 3.80. The maximum atomic E-state index is 12.2. The normalized spacial score (nSPS) is 28.1. The van der Waals surface area contributed by atoms with Crippen molar-refractivity contribution in [3.05, 3.63) is 16.1 Å². The molecule has 4 nitrogen and oxygen atoms in total. The van der Waals surface area contributed by atoms with Crippen molar-refractivity contribution in [2.24, 2.45) is 11.7 Å². The van der Waals surface area contributed by atoms with E-state index in [4.69, 9.17) is 5.73 Å². The van der Waals surface area contributed by atoms with E-state index < -0.39 is 5.54 Å². The molecule has 1 aliphatic rings. The Morgan fingerprint density at radius 3 is 3.11 bits per heavy atom. The monoisotopic (exact) mass is 267 g/mol. The van der Waals surface area contributed by atoms with E-state index in [0.717, 1.165) is 30.0 Å². The Morgan fingerprint density at radius 1 is 1.72 bits per heavy atom. The van der Waals surface area contributed by atoms with E-state index in [9.17, 15) is 4.79 Å². The number of thiazole rings is 1. The highest BCUT2D eigenvalue weighted by Gasteiger charge is 2.37. The molecule has 2 unspecified atom stereocenters. The van der Waals surface area contributed by atoms with E-state index in [1.165, 1.54) is 6.42 Å². The molecule has 0 radical (unpaired) electrons. The Morgan fingerprint density at radius 2 is 2.50 bits per heavy atom. The first-order valence-corrected chi connectivity index (χ1v) is 7.36. The highest BCUT2D eigenvalue weighted by Crippen LogP contribution is 2.30. The smallest absolute Gasteiger partial charge is 0.240 e. The molecule has 1 aliphatic carbocycles. The largest absolute Gasteiger partial charge is 0.349 e. The van der Waals surface area contributed by atoms with Crippen molar-refractivity contribution in [1.82, 2.24) is 10.3 Å². The van der Waals surface area contributed by atoms with Crippen LogP contribution in [0.25, 0.3) is 0 Å².